The van der Waals surface area contributed by atoms with E-state index in [1.807, 2.05) is 54.6 Å². The molecule has 1 saturated carbocycles. The molecule has 4 amide bonds. The average molecular weight is 786 g/mol. The van der Waals surface area contributed by atoms with Crippen LogP contribution in [0.2, 0.25) is 5.02 Å². The number of carbonyl (C=O) groups excluding carboxylic acids is 4. The minimum atomic E-state index is -1.52. The van der Waals surface area contributed by atoms with E-state index in [9.17, 15) is 14.7 Å². The van der Waals surface area contributed by atoms with E-state index in [0.29, 0.717) is 41.1 Å². The number of allylic oxidation sites excluding steroid dienone is 2. The molecule has 4 aromatic rings. The molecule has 0 spiro atoms. The molecular weight excluding hydrogens is 742 g/mol. The first-order valence-corrected chi connectivity index (χ1v) is 20.0. The normalized spacial score (nSPS) is 27.6. The molecule has 6 atom stereocenters. The number of halogens is 1. The third-order valence-electron chi connectivity index (χ3n) is 13.2. The highest BCUT2D eigenvalue weighted by Gasteiger charge is 2.71. The van der Waals surface area contributed by atoms with Gasteiger partial charge in [-0.3, -0.25) is 29.0 Å². The standard InChI is InChI=1S/C46H44ClN3O7/c1-56-37-23-32(51)24-38(57-2)40(37)41-33-16-17-34-39(44(54)49(42(34)52)30-18-20-48(21-19-30)26-27-10-5-3-6-11-27)35(33)25-36-43(53)50(31-15-9-14-29(47)22-31)45(55)46(36,41)28-12-7-4-8-13-28/h3-16,22-24,30,34-36,39,41,51H,17-21,25-26H2,1-2H3. The number of nitrogens with zero attached hydrogens (tertiary/aromatic N) is 3. The van der Waals surface area contributed by atoms with Crippen LogP contribution < -0.4 is 14.4 Å². The van der Waals surface area contributed by atoms with Crippen molar-refractivity contribution in [3.05, 3.63) is 130 Å². The molecular formula is C46H44ClN3O7. The number of methoxy groups -OCH3 is 2. The van der Waals surface area contributed by atoms with Gasteiger partial charge >= 0.3 is 0 Å². The predicted molar refractivity (Wildman–Crippen MR) is 214 cm³/mol. The van der Waals surface area contributed by atoms with Gasteiger partial charge in [-0.2, -0.15) is 0 Å². The summed E-state index contributed by atoms with van der Waals surface area (Å²) in [7, 11) is 2.97. The smallest absolute Gasteiger partial charge is 0.246 e. The summed E-state index contributed by atoms with van der Waals surface area (Å²) in [5.41, 5.74) is 1.94. The van der Waals surface area contributed by atoms with Gasteiger partial charge in [0.25, 0.3) is 0 Å². The van der Waals surface area contributed by atoms with Crippen molar-refractivity contribution in [2.45, 2.75) is 49.6 Å². The van der Waals surface area contributed by atoms with Gasteiger partial charge in [0.1, 0.15) is 17.2 Å². The number of benzene rings is 4. The van der Waals surface area contributed by atoms with Gasteiger partial charge in [0, 0.05) is 54.3 Å². The first-order valence-electron chi connectivity index (χ1n) is 19.6. The van der Waals surface area contributed by atoms with E-state index in [0.717, 1.165) is 25.2 Å². The van der Waals surface area contributed by atoms with E-state index < -0.39 is 46.8 Å². The van der Waals surface area contributed by atoms with Crippen molar-refractivity contribution in [3.63, 3.8) is 0 Å². The van der Waals surface area contributed by atoms with Crippen LogP contribution in [0.1, 0.15) is 48.3 Å². The predicted octanol–water partition coefficient (Wildman–Crippen LogP) is 6.89. The number of carbonyl (C=O) groups is 4. The van der Waals surface area contributed by atoms with Crippen LogP contribution in [-0.2, 0) is 31.1 Å². The lowest BCUT2D eigenvalue weighted by Gasteiger charge is -2.51. The summed E-state index contributed by atoms with van der Waals surface area (Å²) in [6, 6.07) is 29.0. The number of ether oxygens (including phenoxy) is 2. The maximum atomic E-state index is 15.6. The number of amides is 4. The Hall–Kier alpha value is -5.45. The molecule has 292 valence electrons. The monoisotopic (exact) mass is 785 g/mol. The van der Waals surface area contributed by atoms with Gasteiger partial charge in [-0.05, 0) is 60.9 Å². The van der Waals surface area contributed by atoms with Crippen LogP contribution in [0.25, 0.3) is 0 Å². The molecule has 3 heterocycles. The van der Waals surface area contributed by atoms with E-state index in [4.69, 9.17) is 21.1 Å². The Morgan fingerprint density at radius 3 is 2.11 bits per heavy atom. The Balaban J connectivity index is 1.16. The molecule has 9 rings (SSSR count). The van der Waals surface area contributed by atoms with Crippen molar-refractivity contribution >= 4 is 40.9 Å². The first-order chi connectivity index (χ1) is 27.7. The van der Waals surface area contributed by atoms with Crippen LogP contribution in [-0.4, -0.2) is 71.9 Å². The van der Waals surface area contributed by atoms with Crippen LogP contribution >= 0.6 is 11.6 Å². The molecule has 3 saturated heterocycles. The average Bonchev–Trinajstić information content (AvgIpc) is 3.62. The van der Waals surface area contributed by atoms with Crippen molar-refractivity contribution in [2.75, 3.05) is 32.2 Å². The Kier molecular flexibility index (Phi) is 9.44. The zero-order chi connectivity index (χ0) is 39.6. The minimum Gasteiger partial charge on any atom is -0.508 e. The first kappa shape index (κ1) is 37.1. The summed E-state index contributed by atoms with van der Waals surface area (Å²) in [4.78, 5) is 65.3. The molecule has 57 heavy (non-hydrogen) atoms. The number of imide groups is 2. The summed E-state index contributed by atoms with van der Waals surface area (Å²) in [5.74, 6) is -4.44. The SMILES string of the molecule is COc1cc(O)cc(OC)c1C1C2=CCC3C(=O)N(C4CCN(Cc5ccccc5)CC4)C(=O)C3C2CC2C(=O)N(c3cccc(Cl)c3)C(=O)C21c1ccccc1. The van der Waals surface area contributed by atoms with E-state index in [1.165, 1.54) is 36.8 Å². The summed E-state index contributed by atoms with van der Waals surface area (Å²) in [6.07, 6.45) is 3.87. The van der Waals surface area contributed by atoms with E-state index >= 15 is 9.59 Å². The number of phenolic OH excluding ortho intramolecular Hbond substituents is 1. The van der Waals surface area contributed by atoms with Gasteiger partial charge in [0.15, 0.2) is 0 Å². The van der Waals surface area contributed by atoms with E-state index in [1.54, 1.807) is 29.2 Å². The molecule has 10 nitrogen and oxygen atoms in total. The molecule has 3 aliphatic heterocycles. The number of aromatic hydroxyl groups is 1. The zero-order valence-electron chi connectivity index (χ0n) is 31.8. The lowest BCUT2D eigenvalue weighted by Crippen LogP contribution is -2.53. The Labute approximate surface area is 336 Å². The second-order valence-electron chi connectivity index (χ2n) is 15.9. The Morgan fingerprint density at radius 1 is 0.789 bits per heavy atom. The maximum Gasteiger partial charge on any atom is 0.246 e. The largest absolute Gasteiger partial charge is 0.508 e. The molecule has 4 aromatic carbocycles. The van der Waals surface area contributed by atoms with Gasteiger partial charge in [0.2, 0.25) is 23.6 Å². The van der Waals surface area contributed by atoms with Crippen molar-refractivity contribution in [1.29, 1.82) is 0 Å². The second-order valence-corrected chi connectivity index (χ2v) is 16.3. The van der Waals surface area contributed by atoms with Gasteiger partial charge < -0.3 is 14.6 Å². The fraction of sp³-hybridized carbons (Fsp3) is 0.348. The fourth-order valence-electron chi connectivity index (χ4n) is 10.8. The van der Waals surface area contributed by atoms with Gasteiger partial charge in [0.05, 0.1) is 43.1 Å². The number of hydrogen-bond donors (Lipinski definition) is 1. The Morgan fingerprint density at radius 2 is 1.46 bits per heavy atom. The topological polar surface area (TPSA) is 117 Å². The van der Waals surface area contributed by atoms with Crippen LogP contribution in [0.5, 0.6) is 17.2 Å². The number of rotatable bonds is 8. The zero-order valence-corrected chi connectivity index (χ0v) is 32.6. The fourth-order valence-corrected chi connectivity index (χ4v) is 11.0. The minimum absolute atomic E-state index is 0.0980. The number of hydrogen-bond acceptors (Lipinski definition) is 8. The highest BCUT2D eigenvalue weighted by molar-refractivity contribution is 6.32. The van der Waals surface area contributed by atoms with Crippen LogP contribution in [0.4, 0.5) is 5.69 Å². The van der Waals surface area contributed by atoms with Crippen LogP contribution in [0.15, 0.2) is 109 Å². The maximum absolute atomic E-state index is 15.6. The van der Waals surface area contributed by atoms with Crippen molar-refractivity contribution in [2.24, 2.45) is 23.7 Å². The molecule has 2 aliphatic carbocycles. The quantitative estimate of drug-likeness (QED) is 0.152. The molecule has 0 bridgehead atoms. The summed E-state index contributed by atoms with van der Waals surface area (Å²) in [6.45, 7) is 2.34. The molecule has 6 unspecified atom stereocenters. The highest BCUT2D eigenvalue weighted by atomic mass is 35.5. The Bertz CT molecular complexity index is 2270. The molecule has 1 N–H and O–H groups in total. The molecule has 4 fully saturated rings. The lowest BCUT2D eigenvalue weighted by molar-refractivity contribution is -0.144. The summed E-state index contributed by atoms with van der Waals surface area (Å²) < 4.78 is 11.9. The molecule has 5 aliphatic rings. The van der Waals surface area contributed by atoms with Crippen molar-refractivity contribution in [1.82, 2.24) is 9.80 Å². The van der Waals surface area contributed by atoms with Crippen molar-refractivity contribution in [3.8, 4) is 17.2 Å². The third-order valence-corrected chi connectivity index (χ3v) is 13.4. The van der Waals surface area contributed by atoms with Crippen molar-refractivity contribution < 1.29 is 33.8 Å². The number of phenols is 1. The van der Waals surface area contributed by atoms with Crippen LogP contribution in [0.3, 0.4) is 0 Å². The van der Waals surface area contributed by atoms with E-state index in [-0.39, 0.29) is 41.5 Å². The lowest BCUT2D eigenvalue weighted by atomic mass is 9.49. The second kappa shape index (κ2) is 14.5. The molecule has 11 heteroatoms. The number of likely N-dealkylation sites (tertiary alicyclic amines) is 2. The summed E-state index contributed by atoms with van der Waals surface area (Å²) >= 11 is 6.46. The van der Waals surface area contributed by atoms with E-state index in [2.05, 4.69) is 17.0 Å². The van der Waals surface area contributed by atoms with Gasteiger partial charge in [-0.25, -0.2) is 4.90 Å². The van der Waals surface area contributed by atoms with Gasteiger partial charge in [-0.15, -0.1) is 0 Å². The third kappa shape index (κ3) is 5.78. The van der Waals surface area contributed by atoms with Gasteiger partial charge in [-0.1, -0.05) is 90.0 Å². The number of piperidine rings is 1. The van der Waals surface area contributed by atoms with Crippen LogP contribution in [0, 0.1) is 23.7 Å². The molecule has 0 radical (unpaired) electrons. The highest BCUT2D eigenvalue weighted by Crippen LogP contribution is 2.66. The number of fused-ring (bicyclic) bond motifs is 4. The summed E-state index contributed by atoms with van der Waals surface area (Å²) in [5, 5.41) is 11.2. The number of anilines is 1. The molecule has 0 aromatic heterocycles.